The van der Waals surface area contributed by atoms with E-state index in [0.29, 0.717) is 27.8 Å². The highest BCUT2D eigenvalue weighted by atomic mass is 35.5. The maximum atomic E-state index is 12.6. The highest BCUT2D eigenvalue weighted by Crippen LogP contribution is 2.36. The molecule has 0 atom stereocenters. The first-order valence-electron chi connectivity index (χ1n) is 7.39. The van der Waals surface area contributed by atoms with Gasteiger partial charge in [0.1, 0.15) is 5.57 Å². The third-order valence-electron chi connectivity index (χ3n) is 3.67. The van der Waals surface area contributed by atoms with Crippen LogP contribution in [0.15, 0.2) is 48.0 Å². The van der Waals surface area contributed by atoms with Gasteiger partial charge in [0.05, 0.1) is 24.9 Å². The number of hydrazine groups is 1. The number of carbonyl (C=O) groups is 2. The summed E-state index contributed by atoms with van der Waals surface area (Å²) >= 11 is 6.17. The van der Waals surface area contributed by atoms with Gasteiger partial charge < -0.3 is 9.47 Å². The lowest BCUT2D eigenvalue weighted by molar-refractivity contribution is -0.117. The topological polar surface area (TPSA) is 67.9 Å². The summed E-state index contributed by atoms with van der Waals surface area (Å²) in [6.45, 7) is 0. The molecule has 1 heterocycles. The highest BCUT2D eigenvalue weighted by molar-refractivity contribution is 6.33. The number of hydrogen-bond acceptors (Lipinski definition) is 4. The van der Waals surface area contributed by atoms with Gasteiger partial charge in [-0.05, 0) is 35.9 Å². The molecule has 1 fully saturated rings. The number of amides is 2. The van der Waals surface area contributed by atoms with Gasteiger partial charge in [0.25, 0.3) is 11.8 Å². The van der Waals surface area contributed by atoms with E-state index in [9.17, 15) is 9.59 Å². The summed E-state index contributed by atoms with van der Waals surface area (Å²) < 4.78 is 10.4. The number of hydrogen-bond donors (Lipinski definition) is 1. The third-order valence-corrected chi connectivity index (χ3v) is 3.95. The molecular formula is C18H15ClN2O4. The van der Waals surface area contributed by atoms with Gasteiger partial charge in [0.2, 0.25) is 0 Å². The number of para-hydroxylation sites is 1. The first kappa shape index (κ1) is 16.9. The Bertz CT molecular complexity index is 865. The summed E-state index contributed by atoms with van der Waals surface area (Å²) in [6.07, 6.45) is 1.47. The molecule has 6 nitrogen and oxygen atoms in total. The van der Waals surface area contributed by atoms with Gasteiger partial charge >= 0.3 is 0 Å². The van der Waals surface area contributed by atoms with Crippen molar-refractivity contribution in [2.75, 3.05) is 19.2 Å². The van der Waals surface area contributed by atoms with Crippen LogP contribution in [0, 0.1) is 0 Å². The van der Waals surface area contributed by atoms with E-state index in [1.165, 1.54) is 25.3 Å². The molecule has 0 bridgehead atoms. The lowest BCUT2D eigenvalue weighted by Gasteiger charge is -2.14. The average Bonchev–Trinajstić information content (AvgIpc) is 2.90. The Balaban J connectivity index is 1.98. The van der Waals surface area contributed by atoms with Crippen molar-refractivity contribution >= 4 is 35.2 Å². The van der Waals surface area contributed by atoms with Gasteiger partial charge in [-0.3, -0.25) is 15.0 Å². The molecule has 7 heteroatoms. The molecule has 3 rings (SSSR count). The van der Waals surface area contributed by atoms with E-state index in [-0.39, 0.29) is 5.57 Å². The summed E-state index contributed by atoms with van der Waals surface area (Å²) in [5.41, 5.74) is 3.68. The predicted molar refractivity (Wildman–Crippen MR) is 94.6 cm³/mol. The Morgan fingerprint density at radius 1 is 1.08 bits per heavy atom. The first-order valence-corrected chi connectivity index (χ1v) is 7.76. The number of carbonyl (C=O) groups excluding carboxylic acids is 2. The fourth-order valence-corrected chi connectivity index (χ4v) is 2.80. The van der Waals surface area contributed by atoms with Gasteiger partial charge in [-0.15, -0.1) is 0 Å². The van der Waals surface area contributed by atoms with E-state index in [2.05, 4.69) is 5.43 Å². The van der Waals surface area contributed by atoms with E-state index in [1.807, 2.05) is 6.07 Å². The molecule has 0 radical (unpaired) electrons. The summed E-state index contributed by atoms with van der Waals surface area (Å²) in [5.74, 6) is -0.131. The number of nitrogens with one attached hydrogen (secondary N) is 1. The summed E-state index contributed by atoms with van der Waals surface area (Å²) in [6, 6.07) is 12.1. The van der Waals surface area contributed by atoms with E-state index in [0.717, 1.165) is 0 Å². The van der Waals surface area contributed by atoms with Crippen LogP contribution in [0.2, 0.25) is 5.02 Å². The zero-order chi connectivity index (χ0) is 18.0. The van der Waals surface area contributed by atoms with Crippen molar-refractivity contribution in [1.82, 2.24) is 5.43 Å². The molecule has 2 aromatic carbocycles. The molecule has 1 aliphatic heterocycles. The first-order chi connectivity index (χ1) is 12.0. The predicted octanol–water partition coefficient (Wildman–Crippen LogP) is 2.82. The number of benzene rings is 2. The standard InChI is InChI=1S/C18H15ClN2O4/c1-24-15-10-11(9-14(19)16(15)25-2)8-13-17(22)20-21(18(13)23)12-6-4-3-5-7-12/h3-10H,1-2H3,(H,20,22). The van der Waals surface area contributed by atoms with Crippen molar-refractivity contribution in [3.05, 3.63) is 58.6 Å². The fraction of sp³-hybridized carbons (Fsp3) is 0.111. The Labute approximate surface area is 149 Å². The van der Waals surface area contributed by atoms with Crippen LogP contribution in [0.25, 0.3) is 6.08 Å². The fourth-order valence-electron chi connectivity index (χ4n) is 2.50. The lowest BCUT2D eigenvalue weighted by atomic mass is 10.1. The van der Waals surface area contributed by atoms with Gasteiger partial charge in [-0.25, -0.2) is 5.01 Å². The summed E-state index contributed by atoms with van der Waals surface area (Å²) in [4.78, 5) is 24.8. The number of anilines is 1. The Morgan fingerprint density at radius 2 is 1.80 bits per heavy atom. The largest absolute Gasteiger partial charge is 0.493 e. The maximum Gasteiger partial charge on any atom is 0.282 e. The Morgan fingerprint density at radius 3 is 2.44 bits per heavy atom. The molecule has 0 saturated carbocycles. The number of ether oxygens (including phenoxy) is 2. The average molecular weight is 359 g/mol. The van der Waals surface area contributed by atoms with Crippen LogP contribution in [0.4, 0.5) is 5.69 Å². The minimum Gasteiger partial charge on any atom is -0.493 e. The quantitative estimate of drug-likeness (QED) is 0.674. The van der Waals surface area contributed by atoms with Crippen molar-refractivity contribution in [3.63, 3.8) is 0 Å². The number of halogens is 1. The molecule has 2 aromatic rings. The molecular weight excluding hydrogens is 344 g/mol. The molecule has 0 aliphatic carbocycles. The molecule has 128 valence electrons. The molecule has 1 aliphatic rings. The van der Waals surface area contributed by atoms with Crippen molar-refractivity contribution in [2.45, 2.75) is 0 Å². The van der Waals surface area contributed by atoms with Crippen molar-refractivity contribution in [1.29, 1.82) is 0 Å². The molecule has 1 saturated heterocycles. The monoisotopic (exact) mass is 358 g/mol. The van der Waals surface area contributed by atoms with E-state index in [1.54, 1.807) is 36.4 Å². The van der Waals surface area contributed by atoms with Crippen molar-refractivity contribution < 1.29 is 19.1 Å². The third kappa shape index (κ3) is 3.16. The SMILES string of the molecule is COc1cc(C=C2C(=O)NN(c3ccccc3)C2=O)cc(Cl)c1OC. The minimum atomic E-state index is -0.486. The number of methoxy groups -OCH3 is 2. The Hall–Kier alpha value is -2.99. The second-order valence-corrected chi connectivity index (χ2v) is 5.62. The van der Waals surface area contributed by atoms with Crippen LogP contribution in [0.5, 0.6) is 11.5 Å². The zero-order valence-electron chi connectivity index (χ0n) is 13.6. The smallest absolute Gasteiger partial charge is 0.282 e. The zero-order valence-corrected chi connectivity index (χ0v) is 14.3. The van der Waals surface area contributed by atoms with Crippen LogP contribution in [0.1, 0.15) is 5.56 Å². The van der Waals surface area contributed by atoms with E-state index >= 15 is 0 Å². The molecule has 0 spiro atoms. The van der Waals surface area contributed by atoms with Crippen molar-refractivity contribution in [2.24, 2.45) is 0 Å². The molecule has 1 N–H and O–H groups in total. The van der Waals surface area contributed by atoms with Crippen LogP contribution < -0.4 is 19.9 Å². The van der Waals surface area contributed by atoms with Gasteiger partial charge in [-0.1, -0.05) is 29.8 Å². The minimum absolute atomic E-state index is 0.00661. The van der Waals surface area contributed by atoms with Crippen LogP contribution >= 0.6 is 11.6 Å². The van der Waals surface area contributed by atoms with Crippen molar-refractivity contribution in [3.8, 4) is 11.5 Å². The van der Waals surface area contributed by atoms with E-state index < -0.39 is 11.8 Å². The van der Waals surface area contributed by atoms with E-state index in [4.69, 9.17) is 21.1 Å². The number of nitrogens with zero attached hydrogens (tertiary/aromatic N) is 1. The van der Waals surface area contributed by atoms with Crippen LogP contribution in [-0.2, 0) is 9.59 Å². The van der Waals surface area contributed by atoms with Gasteiger partial charge in [-0.2, -0.15) is 0 Å². The number of rotatable bonds is 4. The summed E-state index contributed by atoms with van der Waals surface area (Å²) in [5, 5.41) is 1.52. The molecule has 25 heavy (non-hydrogen) atoms. The molecule has 2 amide bonds. The van der Waals surface area contributed by atoms with Crippen LogP contribution in [0.3, 0.4) is 0 Å². The maximum absolute atomic E-state index is 12.6. The van der Waals surface area contributed by atoms with Crippen LogP contribution in [-0.4, -0.2) is 26.0 Å². The second-order valence-electron chi connectivity index (χ2n) is 5.21. The summed E-state index contributed by atoms with van der Waals surface area (Å²) in [7, 11) is 2.96. The highest BCUT2D eigenvalue weighted by Gasteiger charge is 2.34. The molecule has 0 unspecified atom stereocenters. The molecule has 0 aromatic heterocycles. The Kier molecular flexibility index (Phi) is 4.63. The normalized spacial score (nSPS) is 15.5. The lowest BCUT2D eigenvalue weighted by Crippen LogP contribution is -2.35. The van der Waals surface area contributed by atoms with Gasteiger partial charge in [0.15, 0.2) is 11.5 Å². The second kappa shape index (κ2) is 6.86. The van der Waals surface area contributed by atoms with Gasteiger partial charge in [0, 0.05) is 0 Å².